The van der Waals surface area contributed by atoms with Gasteiger partial charge in [0, 0.05) is 11.4 Å². The van der Waals surface area contributed by atoms with Gasteiger partial charge in [-0.05, 0) is 73.0 Å². The van der Waals surface area contributed by atoms with Gasteiger partial charge >= 0.3 is 20.4 Å². The summed E-state index contributed by atoms with van der Waals surface area (Å²) in [7, 11) is 0. The van der Waals surface area contributed by atoms with Crippen molar-refractivity contribution in [2.75, 3.05) is 0 Å². The van der Waals surface area contributed by atoms with Gasteiger partial charge in [-0.25, -0.2) is 0 Å². The zero-order valence-corrected chi connectivity index (χ0v) is 29.0. The quantitative estimate of drug-likeness (QED) is 0.153. The van der Waals surface area contributed by atoms with Gasteiger partial charge in [0.15, 0.2) is 0 Å². The first-order valence-electron chi connectivity index (χ1n) is 16.4. The minimum absolute atomic E-state index is 0. The Balaban J connectivity index is 0.00000372. The zero-order chi connectivity index (χ0) is 31.2. The van der Waals surface area contributed by atoms with Crippen LogP contribution in [0.5, 0.6) is 0 Å². The Morgan fingerprint density at radius 2 is 1.02 bits per heavy atom. The first kappa shape index (κ1) is 31.9. The smallest absolute Gasteiger partial charge is 0.657 e. The predicted molar refractivity (Wildman–Crippen MR) is 191 cm³/mol. The van der Waals surface area contributed by atoms with Crippen LogP contribution in [-0.4, -0.2) is 11.4 Å². The molecule has 0 radical (unpaired) electrons. The van der Waals surface area contributed by atoms with Crippen LogP contribution in [0.1, 0.15) is 76.6 Å². The summed E-state index contributed by atoms with van der Waals surface area (Å²) in [4.78, 5) is 15.7. The molecule has 0 saturated carbocycles. The number of nitrogens with zero attached hydrogens (tertiary/aromatic N) is 3. The fraction of sp³-hybridized carbons (Fsp3) is 0.238. The summed E-state index contributed by atoms with van der Waals surface area (Å²) in [5.41, 5.74) is 18.5. The minimum atomic E-state index is 0. The Morgan fingerprint density at radius 1 is 0.565 bits per heavy atom. The van der Waals surface area contributed by atoms with Crippen molar-refractivity contribution in [1.29, 1.82) is 0 Å². The van der Waals surface area contributed by atoms with Crippen LogP contribution in [0.25, 0.3) is 46.6 Å². The van der Waals surface area contributed by atoms with E-state index in [4.69, 9.17) is 15.0 Å². The Labute approximate surface area is 286 Å². The van der Waals surface area contributed by atoms with Gasteiger partial charge in [0.25, 0.3) is 0 Å². The van der Waals surface area contributed by atoms with Crippen molar-refractivity contribution < 1.29 is 20.4 Å². The average molecular weight is 692 g/mol. The van der Waals surface area contributed by atoms with E-state index in [1.165, 1.54) is 44.5 Å². The Bertz CT molecular complexity index is 2020. The number of aliphatic imine (C=N–C) groups is 2. The van der Waals surface area contributed by atoms with Crippen LogP contribution >= 0.6 is 0 Å². The summed E-state index contributed by atoms with van der Waals surface area (Å²) in [6.45, 7) is 13.3. The number of benzene rings is 1. The van der Waals surface area contributed by atoms with Crippen molar-refractivity contribution >= 4 is 35.7 Å². The molecule has 0 atom stereocenters. The van der Waals surface area contributed by atoms with E-state index in [1.807, 2.05) is 0 Å². The normalized spacial score (nSPS) is 15.6. The Morgan fingerprint density at radius 3 is 1.46 bits per heavy atom. The summed E-state index contributed by atoms with van der Waals surface area (Å²) in [6, 6.07) is 23.3. The summed E-state index contributed by atoms with van der Waals surface area (Å²) >= 11 is 0. The fourth-order valence-corrected chi connectivity index (χ4v) is 7.18. The fourth-order valence-electron chi connectivity index (χ4n) is 7.18. The van der Waals surface area contributed by atoms with E-state index in [9.17, 15) is 0 Å². The minimum Gasteiger partial charge on any atom is -0.657 e. The SMILES string of the molecule is CCC1=C(C)C2=NC1=Cc1[c-]c(c3ccc(-c4ccccc4)ccc1-3)C=C1N=C(C=c3[n-]c(c(CC)c3CC)=C2)C(C)=C1CC.[Pd+2]. The number of allylic oxidation sites excluding steroid dienone is 4. The molecule has 2 aromatic rings. The van der Waals surface area contributed by atoms with Crippen molar-refractivity contribution in [2.24, 2.45) is 9.98 Å². The van der Waals surface area contributed by atoms with Gasteiger partial charge in [0.1, 0.15) is 0 Å². The average Bonchev–Trinajstić information content (AvgIpc) is 3.68. The Hall–Kier alpha value is -4.10. The van der Waals surface area contributed by atoms with Crippen molar-refractivity contribution in [3.05, 3.63) is 127 Å². The molecule has 0 saturated heterocycles. The van der Waals surface area contributed by atoms with Gasteiger partial charge < -0.3 is 4.98 Å². The maximum Gasteiger partial charge on any atom is 2.00 e. The molecule has 4 heterocycles. The molecule has 46 heavy (non-hydrogen) atoms. The van der Waals surface area contributed by atoms with Crippen LogP contribution in [0.3, 0.4) is 0 Å². The first-order valence-corrected chi connectivity index (χ1v) is 16.4. The molecule has 1 aromatic carbocycles. The van der Waals surface area contributed by atoms with Gasteiger partial charge in [-0.15, -0.1) is 39.0 Å². The standard InChI is InChI=1S/C42H39N3.Pd/c1-7-31-25(5)37-23-41-33(9-3)34(10-4)42(45-41)24-38-26(6)32(8-2)40(44-38)22-30-20-29(21-39(31)43-37)35-18-16-28(17-19-36(30)35)27-14-12-11-13-15-27;/h11-19,21-24H,7-10H2,1-6H3;/q-2;+2. The second kappa shape index (κ2) is 13.0. The second-order valence-electron chi connectivity index (χ2n) is 12.1. The third kappa shape index (κ3) is 5.38. The van der Waals surface area contributed by atoms with E-state index >= 15 is 0 Å². The summed E-state index contributed by atoms with van der Waals surface area (Å²) in [5.74, 6) is 0. The summed E-state index contributed by atoms with van der Waals surface area (Å²) < 4.78 is 0. The molecule has 5 aliphatic rings. The van der Waals surface area contributed by atoms with E-state index in [-0.39, 0.29) is 20.4 Å². The van der Waals surface area contributed by atoms with Crippen molar-refractivity contribution in [3.8, 4) is 22.3 Å². The molecule has 8 bridgehead atoms. The monoisotopic (exact) mass is 691 g/mol. The zero-order valence-electron chi connectivity index (χ0n) is 27.5. The largest absolute Gasteiger partial charge is 2.00 e. The topological polar surface area (TPSA) is 38.8 Å². The molecular weight excluding hydrogens is 653 g/mol. The molecule has 7 rings (SSSR count). The van der Waals surface area contributed by atoms with Crippen molar-refractivity contribution in [3.63, 3.8) is 0 Å². The molecule has 0 spiro atoms. The number of hydrogen-bond donors (Lipinski definition) is 0. The molecule has 0 amide bonds. The summed E-state index contributed by atoms with van der Waals surface area (Å²) in [5, 5.41) is 2.06. The molecular formula is C42H39N3Pd. The van der Waals surface area contributed by atoms with Crippen LogP contribution in [0.2, 0.25) is 0 Å². The molecule has 0 unspecified atom stereocenters. The number of hydrogen-bond acceptors (Lipinski definition) is 2. The van der Waals surface area contributed by atoms with E-state index in [1.54, 1.807) is 0 Å². The van der Waals surface area contributed by atoms with E-state index in [0.29, 0.717) is 0 Å². The number of rotatable bonds is 5. The maximum atomic E-state index is 5.24. The third-order valence-corrected chi connectivity index (χ3v) is 9.63. The van der Waals surface area contributed by atoms with Crippen LogP contribution in [0, 0.1) is 6.07 Å². The van der Waals surface area contributed by atoms with Crippen LogP contribution < -0.4 is 15.7 Å². The number of fused-ring (bicyclic) bond motifs is 9. The third-order valence-electron chi connectivity index (χ3n) is 9.63. The van der Waals surface area contributed by atoms with Crippen LogP contribution in [0.15, 0.2) is 98.3 Å². The second-order valence-corrected chi connectivity index (χ2v) is 12.1. The predicted octanol–water partition coefficient (Wildman–Crippen LogP) is 8.66. The molecule has 3 aliphatic heterocycles. The maximum absolute atomic E-state index is 5.24. The van der Waals surface area contributed by atoms with E-state index in [0.717, 1.165) is 81.5 Å². The molecule has 0 fully saturated rings. The van der Waals surface area contributed by atoms with Gasteiger partial charge in [0.2, 0.25) is 0 Å². The summed E-state index contributed by atoms with van der Waals surface area (Å²) in [6.07, 6.45) is 12.6. The van der Waals surface area contributed by atoms with Crippen LogP contribution in [-0.2, 0) is 33.3 Å². The Kier molecular flexibility index (Phi) is 8.97. The van der Waals surface area contributed by atoms with E-state index in [2.05, 4.69) is 127 Å². The molecule has 4 heteroatoms. The molecule has 2 aliphatic carbocycles. The molecule has 0 N–H and O–H groups in total. The van der Waals surface area contributed by atoms with Crippen molar-refractivity contribution in [1.82, 2.24) is 4.98 Å². The van der Waals surface area contributed by atoms with Gasteiger partial charge in [-0.3, -0.25) is 9.98 Å². The molecule has 1 aromatic heterocycles. The van der Waals surface area contributed by atoms with Gasteiger partial charge in [-0.1, -0.05) is 118 Å². The first-order chi connectivity index (χ1) is 21.9. The molecule has 3 nitrogen and oxygen atoms in total. The van der Waals surface area contributed by atoms with E-state index < -0.39 is 0 Å². The van der Waals surface area contributed by atoms with Gasteiger partial charge in [0.05, 0.1) is 11.4 Å². The van der Waals surface area contributed by atoms with Crippen LogP contribution in [0.4, 0.5) is 0 Å². The van der Waals surface area contributed by atoms with Crippen molar-refractivity contribution in [2.45, 2.75) is 67.2 Å². The molecule has 232 valence electrons. The number of aromatic nitrogens is 1. The van der Waals surface area contributed by atoms with Gasteiger partial charge in [-0.2, -0.15) is 0 Å².